The first-order valence-corrected chi connectivity index (χ1v) is 9.53. The highest BCUT2D eigenvalue weighted by Crippen LogP contribution is 2.59. The number of ether oxygens (including phenoxy) is 2. The molecule has 4 heteroatoms. The summed E-state index contributed by atoms with van der Waals surface area (Å²) in [6.45, 7) is 4.28. The Labute approximate surface area is 148 Å². The van der Waals surface area contributed by atoms with Crippen LogP contribution in [0.15, 0.2) is 18.2 Å². The zero-order chi connectivity index (χ0) is 17.6. The third-order valence-corrected chi connectivity index (χ3v) is 6.87. The molecule has 3 aliphatic rings. The maximum Gasteiger partial charge on any atom is 0.513 e. The lowest BCUT2D eigenvalue weighted by Crippen LogP contribution is -2.42. The normalized spacial score (nSPS) is 33.2. The first kappa shape index (κ1) is 16.6. The standard InChI is InChI=1S/C21H26O4/c1-3-24-20(23)25-14-5-7-15-13(12-14)4-6-17-16(15)10-11-21(2)18(17)8-9-19(21)22/h5,7,12,16-18H,3-4,6,8-11H2,1-2H3/t16-,17+,18-,21+/m1/s1. The van der Waals surface area contributed by atoms with Gasteiger partial charge in [0.05, 0.1) is 6.61 Å². The molecule has 1 aromatic rings. The molecule has 4 rings (SSSR count). The molecular weight excluding hydrogens is 316 g/mol. The van der Waals surface area contributed by atoms with Gasteiger partial charge in [-0.05, 0) is 80.0 Å². The van der Waals surface area contributed by atoms with Crippen molar-refractivity contribution in [3.63, 3.8) is 0 Å². The van der Waals surface area contributed by atoms with E-state index in [0.29, 0.717) is 35.9 Å². The van der Waals surface area contributed by atoms with Crippen molar-refractivity contribution in [2.24, 2.45) is 17.3 Å². The Morgan fingerprint density at radius 1 is 1.24 bits per heavy atom. The molecule has 25 heavy (non-hydrogen) atoms. The Morgan fingerprint density at radius 2 is 2.08 bits per heavy atom. The Hall–Kier alpha value is -1.84. The van der Waals surface area contributed by atoms with E-state index in [-0.39, 0.29) is 5.41 Å². The predicted octanol–water partition coefficient (Wildman–Crippen LogP) is 4.65. The molecule has 0 radical (unpaired) electrons. The van der Waals surface area contributed by atoms with E-state index in [1.165, 1.54) is 11.1 Å². The lowest BCUT2D eigenvalue weighted by Gasteiger charge is -2.48. The van der Waals surface area contributed by atoms with Crippen molar-refractivity contribution in [3.05, 3.63) is 29.3 Å². The molecule has 0 aromatic heterocycles. The molecular formula is C21H26O4. The topological polar surface area (TPSA) is 52.6 Å². The van der Waals surface area contributed by atoms with Gasteiger partial charge in [-0.2, -0.15) is 0 Å². The second-order valence-corrected chi connectivity index (χ2v) is 7.98. The molecule has 0 bridgehead atoms. The van der Waals surface area contributed by atoms with E-state index in [9.17, 15) is 9.59 Å². The van der Waals surface area contributed by atoms with Crippen molar-refractivity contribution in [1.29, 1.82) is 0 Å². The van der Waals surface area contributed by atoms with E-state index in [2.05, 4.69) is 13.0 Å². The van der Waals surface area contributed by atoms with Gasteiger partial charge >= 0.3 is 6.16 Å². The van der Waals surface area contributed by atoms with Gasteiger partial charge < -0.3 is 9.47 Å². The number of carbonyl (C=O) groups excluding carboxylic acids is 2. The number of hydrogen-bond acceptors (Lipinski definition) is 4. The monoisotopic (exact) mass is 342 g/mol. The van der Waals surface area contributed by atoms with Crippen LogP contribution in [0.1, 0.15) is 63.0 Å². The zero-order valence-corrected chi connectivity index (χ0v) is 15.0. The van der Waals surface area contributed by atoms with Gasteiger partial charge in [-0.25, -0.2) is 4.79 Å². The molecule has 0 spiro atoms. The third-order valence-electron chi connectivity index (χ3n) is 6.87. The van der Waals surface area contributed by atoms with Crippen LogP contribution in [0, 0.1) is 17.3 Å². The Kier molecular flexibility index (Phi) is 4.09. The molecule has 4 atom stereocenters. The summed E-state index contributed by atoms with van der Waals surface area (Å²) >= 11 is 0. The van der Waals surface area contributed by atoms with Crippen LogP contribution in [0.25, 0.3) is 0 Å². The van der Waals surface area contributed by atoms with Crippen LogP contribution in [-0.2, 0) is 16.0 Å². The van der Waals surface area contributed by atoms with E-state index in [0.717, 1.165) is 38.5 Å². The van der Waals surface area contributed by atoms with E-state index in [4.69, 9.17) is 9.47 Å². The molecule has 134 valence electrons. The highest BCUT2D eigenvalue weighted by atomic mass is 16.7. The van der Waals surface area contributed by atoms with Gasteiger partial charge in [0.1, 0.15) is 11.5 Å². The fourth-order valence-electron chi connectivity index (χ4n) is 5.64. The molecule has 2 fully saturated rings. The summed E-state index contributed by atoms with van der Waals surface area (Å²) in [5.41, 5.74) is 2.61. The number of hydrogen-bond donors (Lipinski definition) is 0. The van der Waals surface area contributed by atoms with E-state index >= 15 is 0 Å². The van der Waals surface area contributed by atoms with Crippen molar-refractivity contribution in [1.82, 2.24) is 0 Å². The fraction of sp³-hybridized carbons (Fsp3) is 0.619. The van der Waals surface area contributed by atoms with Crippen molar-refractivity contribution >= 4 is 11.9 Å². The number of carbonyl (C=O) groups is 2. The quantitative estimate of drug-likeness (QED) is 0.580. The summed E-state index contributed by atoms with van der Waals surface area (Å²) in [6.07, 6.45) is 5.42. The van der Waals surface area contributed by atoms with Gasteiger partial charge in [0, 0.05) is 11.8 Å². The number of rotatable bonds is 2. The lowest BCUT2D eigenvalue weighted by molar-refractivity contribution is -0.129. The first-order chi connectivity index (χ1) is 12.0. The average Bonchev–Trinajstić information content (AvgIpc) is 2.90. The van der Waals surface area contributed by atoms with E-state index < -0.39 is 6.16 Å². The summed E-state index contributed by atoms with van der Waals surface area (Å²) in [4.78, 5) is 23.9. The molecule has 0 aliphatic heterocycles. The minimum Gasteiger partial charge on any atom is -0.434 e. The van der Waals surface area contributed by atoms with Crippen molar-refractivity contribution < 1.29 is 19.1 Å². The van der Waals surface area contributed by atoms with Gasteiger partial charge in [0.2, 0.25) is 0 Å². The number of benzene rings is 1. The molecule has 1 aromatic carbocycles. The highest BCUT2D eigenvalue weighted by molar-refractivity contribution is 5.87. The fourth-order valence-corrected chi connectivity index (χ4v) is 5.64. The number of ketones is 1. The Morgan fingerprint density at radius 3 is 2.88 bits per heavy atom. The number of fused-ring (bicyclic) bond motifs is 5. The third kappa shape index (κ3) is 2.66. The smallest absolute Gasteiger partial charge is 0.434 e. The van der Waals surface area contributed by atoms with Crippen LogP contribution in [0.4, 0.5) is 4.79 Å². The summed E-state index contributed by atoms with van der Waals surface area (Å²) in [6, 6.07) is 6.00. The van der Waals surface area contributed by atoms with Crippen molar-refractivity contribution in [2.45, 2.75) is 58.3 Å². The van der Waals surface area contributed by atoms with Crippen LogP contribution in [0.2, 0.25) is 0 Å². The van der Waals surface area contributed by atoms with Crippen LogP contribution in [0.5, 0.6) is 5.75 Å². The highest BCUT2D eigenvalue weighted by Gasteiger charge is 2.54. The molecule has 0 amide bonds. The first-order valence-electron chi connectivity index (χ1n) is 9.53. The van der Waals surface area contributed by atoms with Crippen molar-refractivity contribution in [3.8, 4) is 5.75 Å². The SMILES string of the molecule is CCOC(=O)Oc1ccc2c(c1)CC[C@H]1[C@@H]2CC[C@]2(C)C(=O)CC[C@H]12. The number of aryl methyl sites for hydroxylation is 1. The van der Waals surface area contributed by atoms with Gasteiger partial charge in [0.25, 0.3) is 0 Å². The molecule has 0 heterocycles. The molecule has 3 aliphatic carbocycles. The summed E-state index contributed by atoms with van der Waals surface area (Å²) < 4.78 is 10.1. The van der Waals surface area contributed by atoms with Gasteiger partial charge in [-0.1, -0.05) is 13.0 Å². The second-order valence-electron chi connectivity index (χ2n) is 7.98. The molecule has 2 saturated carbocycles. The largest absolute Gasteiger partial charge is 0.513 e. The molecule has 0 saturated heterocycles. The van der Waals surface area contributed by atoms with E-state index in [1.54, 1.807) is 6.92 Å². The van der Waals surface area contributed by atoms with Crippen LogP contribution in [0.3, 0.4) is 0 Å². The number of Topliss-reactive ketones (excluding diaryl/α,β-unsaturated/α-hetero) is 1. The van der Waals surface area contributed by atoms with Gasteiger partial charge in [-0.15, -0.1) is 0 Å². The Bertz CT molecular complexity index is 710. The van der Waals surface area contributed by atoms with Crippen LogP contribution < -0.4 is 4.74 Å². The lowest BCUT2D eigenvalue weighted by atomic mass is 9.55. The summed E-state index contributed by atoms with van der Waals surface area (Å²) in [5.74, 6) is 2.76. The van der Waals surface area contributed by atoms with Crippen molar-refractivity contribution in [2.75, 3.05) is 6.61 Å². The molecule has 4 nitrogen and oxygen atoms in total. The van der Waals surface area contributed by atoms with Crippen LogP contribution >= 0.6 is 0 Å². The molecule has 0 N–H and O–H groups in total. The maximum absolute atomic E-state index is 12.4. The maximum atomic E-state index is 12.4. The zero-order valence-electron chi connectivity index (χ0n) is 15.0. The van der Waals surface area contributed by atoms with E-state index in [1.807, 2.05) is 12.1 Å². The minimum absolute atomic E-state index is 0.0777. The summed E-state index contributed by atoms with van der Waals surface area (Å²) in [7, 11) is 0. The predicted molar refractivity (Wildman–Crippen MR) is 93.7 cm³/mol. The second kappa shape index (κ2) is 6.15. The summed E-state index contributed by atoms with van der Waals surface area (Å²) in [5, 5.41) is 0. The average molecular weight is 342 g/mol. The Balaban J connectivity index is 1.57. The van der Waals surface area contributed by atoms with Crippen LogP contribution in [-0.4, -0.2) is 18.5 Å². The van der Waals surface area contributed by atoms with Gasteiger partial charge in [0.15, 0.2) is 0 Å². The van der Waals surface area contributed by atoms with Gasteiger partial charge in [-0.3, -0.25) is 4.79 Å². The molecule has 0 unspecified atom stereocenters. The minimum atomic E-state index is -0.644.